The number of hydrogen-bond acceptors (Lipinski definition) is 0. The van der Waals surface area contributed by atoms with Crippen molar-refractivity contribution in [2.24, 2.45) is 0 Å². The van der Waals surface area contributed by atoms with Crippen molar-refractivity contribution >= 4 is 24.0 Å². The second-order valence-corrected chi connectivity index (χ2v) is 0. The fourth-order valence-electron chi connectivity index (χ4n) is 0. The van der Waals surface area contributed by atoms with E-state index in [1.165, 1.54) is 0 Å². The van der Waals surface area contributed by atoms with Crippen LogP contribution in [0.25, 0.3) is 0 Å². The Hall–Kier alpha value is 2.05. The summed E-state index contributed by atoms with van der Waals surface area (Å²) >= 11 is 0. The van der Waals surface area contributed by atoms with Gasteiger partial charge in [0.2, 0.25) is 0 Å². The fraction of sp³-hybridized carbons (Fsp3) is 0. The summed E-state index contributed by atoms with van der Waals surface area (Å²) in [5.74, 6) is 0. The third-order valence-corrected chi connectivity index (χ3v) is 0. The first-order valence-corrected chi connectivity index (χ1v) is 0.408. The Morgan fingerprint density at radius 2 is 1.25 bits per heavy atom. The predicted molar refractivity (Wildman–Crippen MR) is 25.3 cm³/mol. The Balaban J connectivity index is -0.00000000500. The third kappa shape index (κ3) is 8.96. The molecule has 0 aromatic heterocycles. The topological polar surface area (TPSA) is 0 Å². The van der Waals surface area contributed by atoms with Crippen molar-refractivity contribution in [1.29, 1.82) is 0 Å². The van der Waals surface area contributed by atoms with Crippen LogP contribution in [-0.4, -0.2) is 0 Å². The maximum Gasteiger partial charge on any atom is 0 e. The van der Waals surface area contributed by atoms with Gasteiger partial charge in [0.15, 0.2) is 0 Å². The van der Waals surface area contributed by atoms with Gasteiger partial charge in [-0.15, -0.1) is 24.0 Å². The van der Waals surface area contributed by atoms with Crippen molar-refractivity contribution in [3.63, 3.8) is 0 Å². The Morgan fingerprint density at radius 1 is 1.25 bits per heavy atom. The Bertz CT molecular complexity index is 6.00. The molecule has 0 fully saturated rings. The van der Waals surface area contributed by atoms with Gasteiger partial charge in [0.1, 0.15) is 0 Å². The molecule has 2 heteroatoms. The van der Waals surface area contributed by atoms with Gasteiger partial charge >= 0.3 is 0 Å². The van der Waals surface area contributed by atoms with E-state index in [9.17, 15) is 0 Å². The largest absolute Gasteiger partial charge is 0.521 e. The molecule has 0 aliphatic rings. The molecule has 0 atom stereocenters. The van der Waals surface area contributed by atoms with Gasteiger partial charge in [0.05, 0.1) is 0 Å². The zero-order valence-electron chi connectivity index (χ0n) is 2.07. The first-order chi connectivity index (χ1) is 1.00. The predicted octanol–water partition coefficient (Wildman–Crippen LogP) is 1.22. The van der Waals surface area contributed by atoms with Crippen LogP contribution in [-0.2, 0) is 0 Å². The standard InChI is InChI=1S/C2H3.Eu.HI/c1-2;;/h1H,2H2;;1H/q-1;;. The summed E-state index contributed by atoms with van der Waals surface area (Å²) in [5.41, 5.74) is 0. The van der Waals surface area contributed by atoms with Gasteiger partial charge in [-0.25, -0.2) is 0 Å². The normalized spacial score (nSPS) is 1.00. The summed E-state index contributed by atoms with van der Waals surface area (Å²) in [5, 5.41) is 0. The van der Waals surface area contributed by atoms with Gasteiger partial charge in [-0.3, -0.25) is 6.58 Å². The monoisotopic (exact) mass is 308 g/mol. The number of hydrogen-bond donors (Lipinski definition) is 0. The van der Waals surface area contributed by atoms with Gasteiger partial charge in [0.25, 0.3) is 0 Å². The van der Waals surface area contributed by atoms with Gasteiger partial charge in [-0.1, -0.05) is 0 Å². The van der Waals surface area contributed by atoms with Gasteiger partial charge in [-0.05, 0) is 0 Å². The minimum Gasteiger partial charge on any atom is -0.521 e. The van der Waals surface area contributed by atoms with E-state index in [1.807, 2.05) is 0 Å². The quantitative estimate of drug-likeness (QED) is 0.466. The van der Waals surface area contributed by atoms with E-state index in [1.54, 1.807) is 0 Å². The first kappa shape index (κ1) is 16.6. The van der Waals surface area contributed by atoms with Crippen LogP contribution < -0.4 is 0 Å². The molecule has 0 heterocycles. The fourth-order valence-corrected chi connectivity index (χ4v) is 0. The smallest absolute Gasteiger partial charge is 0 e. The van der Waals surface area contributed by atoms with Crippen LogP contribution in [0.1, 0.15) is 0 Å². The molecule has 0 saturated heterocycles. The van der Waals surface area contributed by atoms with E-state index in [-0.39, 0.29) is 73.4 Å². The second-order valence-electron chi connectivity index (χ2n) is 0. The van der Waals surface area contributed by atoms with E-state index < -0.39 is 0 Å². The summed E-state index contributed by atoms with van der Waals surface area (Å²) in [7, 11) is 0. The zero-order chi connectivity index (χ0) is 2.00. The first-order valence-electron chi connectivity index (χ1n) is 0.408. The molecule has 0 amide bonds. The van der Waals surface area contributed by atoms with Gasteiger partial charge in [-0.2, -0.15) is 0 Å². The molecular weight excluding hydrogens is 303 g/mol. The average Bonchev–Trinajstić information content (AvgIpc) is 1.00. The average molecular weight is 307 g/mol. The van der Waals surface area contributed by atoms with Crippen LogP contribution >= 0.6 is 24.0 Å². The molecule has 27 valence electrons. The number of rotatable bonds is 0. The van der Waals surface area contributed by atoms with Crippen LogP contribution in [0.4, 0.5) is 0 Å². The van der Waals surface area contributed by atoms with Gasteiger partial charge in [0, 0.05) is 49.4 Å². The minimum absolute atomic E-state index is 0. The Morgan fingerprint density at radius 3 is 1.25 bits per heavy atom. The van der Waals surface area contributed by atoms with E-state index in [2.05, 4.69) is 13.2 Å². The van der Waals surface area contributed by atoms with Crippen molar-refractivity contribution in [3.05, 3.63) is 13.2 Å². The molecule has 0 bridgehead atoms. The Kier molecular flexibility index (Phi) is 81.6. The SMILES string of the molecule is I.[CH-]=C.[Eu]. The molecule has 4 heavy (non-hydrogen) atoms. The van der Waals surface area contributed by atoms with Crippen molar-refractivity contribution in [2.75, 3.05) is 0 Å². The van der Waals surface area contributed by atoms with Crippen molar-refractivity contribution < 1.29 is 49.4 Å². The second kappa shape index (κ2) is 19.7. The summed E-state index contributed by atoms with van der Waals surface area (Å²) in [6.45, 7) is 7.00. The van der Waals surface area contributed by atoms with E-state index in [0.717, 1.165) is 0 Å². The third-order valence-electron chi connectivity index (χ3n) is 0. The van der Waals surface area contributed by atoms with Crippen molar-refractivity contribution in [3.8, 4) is 0 Å². The molecule has 0 aliphatic heterocycles. The van der Waals surface area contributed by atoms with Crippen molar-refractivity contribution in [1.82, 2.24) is 0 Å². The molecule has 0 spiro atoms. The van der Waals surface area contributed by atoms with Crippen LogP contribution in [0.2, 0.25) is 0 Å². The zero-order valence-corrected chi connectivity index (χ0v) is 6.83. The maximum atomic E-state index is 4.25. The van der Waals surface area contributed by atoms with Gasteiger partial charge < -0.3 is 6.58 Å². The molecule has 1 radical (unpaired) electrons. The summed E-state index contributed by atoms with van der Waals surface area (Å²) < 4.78 is 0. The molecule has 0 unspecified atom stereocenters. The molecular formula is C2H4EuI-. The van der Waals surface area contributed by atoms with E-state index in [4.69, 9.17) is 0 Å². The van der Waals surface area contributed by atoms with Crippen LogP contribution in [0.15, 0.2) is 6.58 Å². The maximum absolute atomic E-state index is 4.25. The van der Waals surface area contributed by atoms with E-state index in [0.29, 0.717) is 0 Å². The molecule has 0 aromatic carbocycles. The van der Waals surface area contributed by atoms with Crippen LogP contribution in [0.3, 0.4) is 0 Å². The molecule has 0 saturated carbocycles. The molecule has 0 nitrogen and oxygen atoms in total. The van der Waals surface area contributed by atoms with E-state index >= 15 is 0 Å². The molecule has 0 N–H and O–H groups in total. The number of halogens is 1. The van der Waals surface area contributed by atoms with Crippen molar-refractivity contribution in [2.45, 2.75) is 0 Å². The molecule has 0 aliphatic carbocycles. The van der Waals surface area contributed by atoms with Crippen LogP contribution in [0, 0.1) is 56.0 Å². The summed E-state index contributed by atoms with van der Waals surface area (Å²) in [6.07, 6.45) is 0. The summed E-state index contributed by atoms with van der Waals surface area (Å²) in [4.78, 5) is 0. The molecule has 0 aromatic rings. The van der Waals surface area contributed by atoms with Crippen LogP contribution in [0.5, 0.6) is 0 Å². The minimum atomic E-state index is 0. The molecule has 0 rings (SSSR count). The summed E-state index contributed by atoms with van der Waals surface area (Å²) in [6, 6.07) is 0. The Labute approximate surface area is 84.6 Å².